The van der Waals surface area contributed by atoms with Gasteiger partial charge in [0.1, 0.15) is 0 Å². The number of aliphatic hydroxyl groups excluding tert-OH is 2. The summed E-state index contributed by atoms with van der Waals surface area (Å²) in [6.45, 7) is 4.93. The summed E-state index contributed by atoms with van der Waals surface area (Å²) < 4.78 is 5.50. The van der Waals surface area contributed by atoms with E-state index in [-0.39, 0.29) is 18.5 Å². The van der Waals surface area contributed by atoms with Crippen LogP contribution < -0.4 is 5.32 Å². The third-order valence-corrected chi connectivity index (χ3v) is 19.3. The lowest BCUT2D eigenvalue weighted by molar-refractivity contribution is -0.143. The normalized spacial score (nSPS) is 12.7. The predicted octanol–water partition coefficient (Wildman–Crippen LogP) is 27.5. The highest BCUT2D eigenvalue weighted by Gasteiger charge is 2.18. The van der Waals surface area contributed by atoms with Crippen molar-refractivity contribution in [1.82, 2.24) is 5.32 Å². The molecule has 91 heavy (non-hydrogen) atoms. The molecule has 0 fully saturated rings. The first-order valence-corrected chi connectivity index (χ1v) is 41.4. The molecule has 1 amide bonds. The van der Waals surface area contributed by atoms with Gasteiger partial charge in [-0.05, 0) is 89.9 Å². The van der Waals surface area contributed by atoms with E-state index in [1.165, 1.54) is 379 Å². The Kier molecular flexibility index (Phi) is 78.3. The average Bonchev–Trinajstić information content (AvgIpc) is 3.75. The number of aliphatic hydroxyl groups is 2. The molecule has 0 saturated carbocycles. The Morgan fingerprint density at radius 3 is 0.857 bits per heavy atom. The highest BCUT2D eigenvalue weighted by atomic mass is 16.5. The minimum Gasteiger partial charge on any atom is -0.466 e. The molecule has 0 heterocycles. The minimum atomic E-state index is -0.844. The number of esters is 1. The van der Waals surface area contributed by atoms with Gasteiger partial charge in [-0.2, -0.15) is 0 Å². The second-order valence-electron chi connectivity index (χ2n) is 28.4. The van der Waals surface area contributed by atoms with Gasteiger partial charge in [-0.3, -0.25) is 9.59 Å². The highest BCUT2D eigenvalue weighted by Crippen LogP contribution is 2.20. The van der Waals surface area contributed by atoms with Crippen molar-refractivity contribution in [2.75, 3.05) is 13.2 Å². The van der Waals surface area contributed by atoms with Crippen LogP contribution in [-0.4, -0.2) is 47.4 Å². The fraction of sp³-hybridized carbons (Fsp3) is 0.882. The Morgan fingerprint density at radius 1 is 0.308 bits per heavy atom. The van der Waals surface area contributed by atoms with Crippen LogP contribution in [0.1, 0.15) is 457 Å². The lowest BCUT2D eigenvalue weighted by Crippen LogP contribution is -2.45. The zero-order valence-corrected chi connectivity index (χ0v) is 61.6. The Morgan fingerprint density at radius 2 is 0.549 bits per heavy atom. The lowest BCUT2D eigenvalue weighted by Gasteiger charge is -2.20. The monoisotopic (exact) mass is 1280 g/mol. The molecule has 0 aromatic heterocycles. The molecule has 2 unspecified atom stereocenters. The molecule has 0 aliphatic rings. The van der Waals surface area contributed by atoms with Gasteiger partial charge in [0.15, 0.2) is 0 Å². The van der Waals surface area contributed by atoms with E-state index in [1.807, 2.05) is 6.08 Å². The van der Waals surface area contributed by atoms with Gasteiger partial charge in [-0.15, -0.1) is 0 Å². The second kappa shape index (κ2) is 80.3. The largest absolute Gasteiger partial charge is 0.466 e. The zero-order chi connectivity index (χ0) is 65.6. The standard InChI is InChI=1S/C85H161NO5/c1-3-5-7-9-11-13-15-17-19-21-22-23-37-40-43-46-49-53-57-61-65-69-73-77-83(88)82(81-87)86-84(89)78-74-70-66-62-58-54-50-47-44-41-38-35-33-31-29-27-25-24-26-28-30-32-34-36-39-42-45-48-52-56-60-64-68-72-76-80-91-85(90)79-75-71-67-63-59-55-51-20-18-16-14-12-10-8-6-4-2/h14,16,20,26,28,51,73,77,82-83,87-88H,3-13,15,17-19,21-25,27,29-50,52-72,74-76,78-81H2,1-2H3,(H,86,89)/b16-14-,28-26-,51-20-,77-73+. The van der Waals surface area contributed by atoms with Crippen LogP contribution >= 0.6 is 0 Å². The summed E-state index contributed by atoms with van der Waals surface area (Å²) in [5.41, 5.74) is 0. The molecule has 0 rings (SSSR count). The Bertz CT molecular complexity index is 1520. The van der Waals surface area contributed by atoms with E-state index >= 15 is 0 Å². The van der Waals surface area contributed by atoms with E-state index in [0.29, 0.717) is 19.4 Å². The van der Waals surface area contributed by atoms with Crippen LogP contribution in [0, 0.1) is 0 Å². The van der Waals surface area contributed by atoms with Gasteiger partial charge in [0.05, 0.1) is 25.4 Å². The van der Waals surface area contributed by atoms with E-state index in [2.05, 4.69) is 55.6 Å². The van der Waals surface area contributed by atoms with E-state index in [4.69, 9.17) is 4.74 Å². The van der Waals surface area contributed by atoms with E-state index in [1.54, 1.807) is 6.08 Å². The van der Waals surface area contributed by atoms with E-state index in [9.17, 15) is 19.8 Å². The topological polar surface area (TPSA) is 95.9 Å². The van der Waals surface area contributed by atoms with E-state index in [0.717, 1.165) is 51.4 Å². The molecule has 6 heteroatoms. The Hall–Kier alpha value is -2.18. The van der Waals surface area contributed by atoms with Gasteiger partial charge < -0.3 is 20.3 Å². The molecule has 0 bridgehead atoms. The van der Waals surface area contributed by atoms with Crippen LogP contribution in [0.3, 0.4) is 0 Å². The predicted molar refractivity (Wildman–Crippen MR) is 402 cm³/mol. The average molecular weight is 1280 g/mol. The van der Waals surface area contributed by atoms with Crippen LogP contribution in [0.15, 0.2) is 48.6 Å². The van der Waals surface area contributed by atoms with Gasteiger partial charge >= 0.3 is 5.97 Å². The SMILES string of the molecule is CCCCCC/C=C\C/C=C\CCCCCCCC(=O)OCCCCCCCCCCCCCCCC/C=C\CCCCCCCCCCCCCCCCCCCC(=O)NC(CO)C(O)/C=C/CCCCCCCCCCCCCCCCCCCCCCC. The van der Waals surface area contributed by atoms with Crippen LogP contribution in [0.4, 0.5) is 0 Å². The second-order valence-corrected chi connectivity index (χ2v) is 28.4. The number of hydrogen-bond donors (Lipinski definition) is 3. The van der Waals surface area contributed by atoms with Crippen molar-refractivity contribution >= 4 is 11.9 Å². The minimum absolute atomic E-state index is 0.00702. The number of nitrogens with one attached hydrogen (secondary N) is 1. The number of hydrogen-bond acceptors (Lipinski definition) is 5. The number of amides is 1. The highest BCUT2D eigenvalue weighted by molar-refractivity contribution is 5.76. The van der Waals surface area contributed by atoms with Crippen molar-refractivity contribution in [3.8, 4) is 0 Å². The van der Waals surface area contributed by atoms with Gasteiger partial charge in [0, 0.05) is 12.8 Å². The maximum absolute atomic E-state index is 12.6. The molecule has 2 atom stereocenters. The molecule has 0 spiro atoms. The first-order chi connectivity index (χ1) is 45.0. The quantitative estimate of drug-likeness (QED) is 0.0320. The van der Waals surface area contributed by atoms with Crippen LogP contribution in [-0.2, 0) is 14.3 Å². The van der Waals surface area contributed by atoms with Crippen LogP contribution in [0.5, 0.6) is 0 Å². The molecule has 3 N–H and O–H groups in total. The van der Waals surface area contributed by atoms with Crippen LogP contribution in [0.25, 0.3) is 0 Å². The molecule has 536 valence electrons. The Labute approximate surface area is 569 Å². The third kappa shape index (κ3) is 76.7. The summed E-state index contributed by atoms with van der Waals surface area (Å²) in [5.74, 6) is -0.0527. The van der Waals surface area contributed by atoms with Crippen molar-refractivity contribution in [1.29, 1.82) is 0 Å². The molecular formula is C85H161NO5. The molecule has 0 radical (unpaired) electrons. The first-order valence-electron chi connectivity index (χ1n) is 41.4. The van der Waals surface area contributed by atoms with Crippen molar-refractivity contribution in [3.63, 3.8) is 0 Å². The first kappa shape index (κ1) is 88.8. The van der Waals surface area contributed by atoms with Gasteiger partial charge in [0.25, 0.3) is 0 Å². The zero-order valence-electron chi connectivity index (χ0n) is 61.6. The van der Waals surface area contributed by atoms with E-state index < -0.39 is 12.1 Å². The molecule has 0 aliphatic heterocycles. The summed E-state index contributed by atoms with van der Waals surface area (Å²) in [5, 5.41) is 23.3. The molecule has 0 aliphatic carbocycles. The van der Waals surface area contributed by atoms with Crippen molar-refractivity contribution in [2.45, 2.75) is 469 Å². The number of ether oxygens (including phenoxy) is 1. The molecular weight excluding hydrogens is 1110 g/mol. The molecule has 0 aromatic rings. The smallest absolute Gasteiger partial charge is 0.305 e. The van der Waals surface area contributed by atoms with Gasteiger partial charge in [-0.1, -0.05) is 403 Å². The summed E-state index contributed by atoms with van der Waals surface area (Å²) in [6.07, 6.45) is 107. The molecule has 0 aromatic carbocycles. The number of unbranched alkanes of at least 4 members (excludes halogenated alkanes) is 61. The number of carbonyl (C=O) groups is 2. The fourth-order valence-electron chi connectivity index (χ4n) is 13.0. The maximum atomic E-state index is 12.6. The maximum Gasteiger partial charge on any atom is 0.305 e. The van der Waals surface area contributed by atoms with Crippen molar-refractivity contribution < 1.29 is 24.5 Å². The van der Waals surface area contributed by atoms with Crippen molar-refractivity contribution in [2.24, 2.45) is 0 Å². The fourth-order valence-corrected chi connectivity index (χ4v) is 13.0. The summed E-state index contributed by atoms with van der Waals surface area (Å²) in [6, 6.07) is -0.627. The summed E-state index contributed by atoms with van der Waals surface area (Å²) in [7, 11) is 0. The third-order valence-electron chi connectivity index (χ3n) is 19.3. The molecule has 6 nitrogen and oxygen atoms in total. The van der Waals surface area contributed by atoms with Gasteiger partial charge in [-0.25, -0.2) is 0 Å². The van der Waals surface area contributed by atoms with Crippen LogP contribution in [0.2, 0.25) is 0 Å². The molecule has 0 saturated heterocycles. The van der Waals surface area contributed by atoms with Crippen molar-refractivity contribution in [3.05, 3.63) is 48.6 Å². The lowest BCUT2D eigenvalue weighted by atomic mass is 10.0. The summed E-state index contributed by atoms with van der Waals surface area (Å²) >= 11 is 0. The van der Waals surface area contributed by atoms with Gasteiger partial charge in [0.2, 0.25) is 5.91 Å². The number of allylic oxidation sites excluding steroid dienone is 7. The number of carbonyl (C=O) groups excluding carboxylic acids is 2. The number of rotatable bonds is 78. The Balaban J connectivity index is 3.37. The summed E-state index contributed by atoms with van der Waals surface area (Å²) in [4.78, 5) is 24.6.